The van der Waals surface area contributed by atoms with E-state index >= 15 is 0 Å². The molecule has 0 N–H and O–H groups in total. The highest BCUT2D eigenvalue weighted by atomic mass is 19.3. The highest BCUT2D eigenvalue weighted by Gasteiger charge is 2.30. The fourth-order valence-corrected chi connectivity index (χ4v) is 3.81. The molecule has 1 aliphatic rings. The molecule has 0 bridgehead atoms. The number of fused-ring (bicyclic) bond motifs is 1. The average molecular weight is 389 g/mol. The first kappa shape index (κ1) is 18.5. The largest absolute Gasteiger partial charge is 0.338 e. The van der Waals surface area contributed by atoms with Crippen LogP contribution in [0.5, 0.6) is 0 Å². The van der Waals surface area contributed by atoms with E-state index in [0.717, 1.165) is 18.5 Å². The Bertz CT molecular complexity index is 1040. The van der Waals surface area contributed by atoms with Gasteiger partial charge in [-0.15, -0.1) is 0 Å². The number of piperidine rings is 1. The minimum absolute atomic E-state index is 0.0963. The molecule has 1 amide bonds. The number of pyridine rings is 1. The predicted octanol–water partition coefficient (Wildman–Crippen LogP) is 3.53. The molecule has 0 aliphatic carbocycles. The van der Waals surface area contributed by atoms with Crippen molar-refractivity contribution in [1.82, 2.24) is 24.8 Å². The van der Waals surface area contributed by atoms with E-state index in [4.69, 9.17) is 4.52 Å². The second-order valence-corrected chi connectivity index (χ2v) is 7.24. The number of aromatic nitrogens is 4. The molecule has 0 radical (unpaired) electrons. The molecule has 3 aromatic rings. The van der Waals surface area contributed by atoms with Crippen molar-refractivity contribution in [2.75, 3.05) is 13.1 Å². The van der Waals surface area contributed by atoms with E-state index in [1.54, 1.807) is 29.7 Å². The molecule has 1 fully saturated rings. The van der Waals surface area contributed by atoms with Gasteiger partial charge in [0.1, 0.15) is 0 Å². The fourth-order valence-electron chi connectivity index (χ4n) is 3.81. The Morgan fingerprint density at radius 1 is 1.36 bits per heavy atom. The molecule has 148 valence electrons. The third-order valence-electron chi connectivity index (χ3n) is 5.50. The molecule has 0 aromatic carbocycles. The summed E-state index contributed by atoms with van der Waals surface area (Å²) in [6.07, 6.45) is 0.457. The number of carbonyl (C=O) groups excluding carboxylic acids is 1. The van der Waals surface area contributed by atoms with Crippen LogP contribution in [0.1, 0.15) is 58.2 Å². The topological polar surface area (TPSA) is 77.1 Å². The van der Waals surface area contributed by atoms with Gasteiger partial charge in [-0.2, -0.15) is 5.10 Å². The summed E-state index contributed by atoms with van der Waals surface area (Å²) in [7, 11) is 1.79. The van der Waals surface area contributed by atoms with Gasteiger partial charge in [0.15, 0.2) is 0 Å². The van der Waals surface area contributed by atoms with E-state index in [1.807, 2.05) is 6.92 Å². The van der Waals surface area contributed by atoms with E-state index < -0.39 is 6.43 Å². The van der Waals surface area contributed by atoms with Crippen LogP contribution in [0.15, 0.2) is 16.8 Å². The van der Waals surface area contributed by atoms with Gasteiger partial charge in [0.25, 0.3) is 18.0 Å². The summed E-state index contributed by atoms with van der Waals surface area (Å²) in [4.78, 5) is 19.1. The van der Waals surface area contributed by atoms with Gasteiger partial charge in [0, 0.05) is 43.0 Å². The molecule has 9 heteroatoms. The third-order valence-corrected chi connectivity index (χ3v) is 5.50. The molecule has 0 saturated carbocycles. The van der Waals surface area contributed by atoms with Gasteiger partial charge < -0.3 is 9.42 Å². The monoisotopic (exact) mass is 389 g/mol. The molecular weight excluding hydrogens is 368 g/mol. The number of hydrogen-bond acceptors (Lipinski definition) is 5. The SMILES string of the molecule is Cc1noc2nc([C@@H]3CCCN(C(=O)c4cnn(C)c4C)C3)cc(C(F)F)c12. The maximum absolute atomic E-state index is 13.6. The van der Waals surface area contributed by atoms with Crippen molar-refractivity contribution >= 4 is 17.0 Å². The van der Waals surface area contributed by atoms with Crippen LogP contribution in [0.2, 0.25) is 0 Å². The van der Waals surface area contributed by atoms with Crippen molar-refractivity contribution in [3.63, 3.8) is 0 Å². The lowest BCUT2D eigenvalue weighted by Crippen LogP contribution is -2.39. The van der Waals surface area contributed by atoms with Gasteiger partial charge in [-0.1, -0.05) is 5.16 Å². The Morgan fingerprint density at radius 3 is 2.82 bits per heavy atom. The van der Waals surface area contributed by atoms with Gasteiger partial charge in [0.05, 0.1) is 22.8 Å². The summed E-state index contributed by atoms with van der Waals surface area (Å²) in [6, 6.07) is 1.44. The maximum Gasteiger partial charge on any atom is 0.264 e. The minimum Gasteiger partial charge on any atom is -0.338 e. The number of carbonyl (C=O) groups is 1. The van der Waals surface area contributed by atoms with E-state index in [-0.39, 0.29) is 28.5 Å². The quantitative estimate of drug-likeness (QED) is 0.685. The zero-order chi connectivity index (χ0) is 20.0. The van der Waals surface area contributed by atoms with E-state index in [1.165, 1.54) is 6.07 Å². The van der Waals surface area contributed by atoms with E-state index in [2.05, 4.69) is 15.2 Å². The molecule has 0 unspecified atom stereocenters. The smallest absolute Gasteiger partial charge is 0.264 e. The summed E-state index contributed by atoms with van der Waals surface area (Å²) < 4.78 is 34.0. The normalized spacial score (nSPS) is 17.6. The molecule has 4 rings (SSSR count). The summed E-state index contributed by atoms with van der Waals surface area (Å²) >= 11 is 0. The number of nitrogens with zero attached hydrogens (tertiary/aromatic N) is 5. The van der Waals surface area contributed by atoms with E-state index in [0.29, 0.717) is 30.0 Å². The number of rotatable bonds is 3. The van der Waals surface area contributed by atoms with Gasteiger partial charge in [0.2, 0.25) is 0 Å². The van der Waals surface area contributed by atoms with Crippen LogP contribution < -0.4 is 0 Å². The second kappa shape index (κ2) is 6.96. The summed E-state index contributed by atoms with van der Waals surface area (Å²) in [5.41, 5.74) is 2.27. The summed E-state index contributed by atoms with van der Waals surface area (Å²) in [5, 5.41) is 8.18. The lowest BCUT2D eigenvalue weighted by molar-refractivity contribution is 0.0704. The zero-order valence-corrected chi connectivity index (χ0v) is 15.9. The number of alkyl halides is 2. The van der Waals surface area contributed by atoms with Crippen molar-refractivity contribution in [3.8, 4) is 0 Å². The minimum atomic E-state index is -2.65. The average Bonchev–Trinajstić information content (AvgIpc) is 3.23. The first-order valence-corrected chi connectivity index (χ1v) is 9.19. The Morgan fingerprint density at radius 2 is 2.14 bits per heavy atom. The van der Waals surface area contributed by atoms with Crippen molar-refractivity contribution < 1.29 is 18.1 Å². The van der Waals surface area contributed by atoms with Gasteiger partial charge in [-0.3, -0.25) is 9.48 Å². The number of hydrogen-bond donors (Lipinski definition) is 0. The Kier molecular flexibility index (Phi) is 4.60. The molecule has 1 atom stereocenters. The number of likely N-dealkylation sites (tertiary alicyclic amines) is 1. The van der Waals surface area contributed by atoms with Crippen LogP contribution >= 0.6 is 0 Å². The highest BCUT2D eigenvalue weighted by Crippen LogP contribution is 2.34. The van der Waals surface area contributed by atoms with Crippen molar-refractivity contribution in [3.05, 3.63) is 40.5 Å². The lowest BCUT2D eigenvalue weighted by atomic mass is 9.92. The van der Waals surface area contributed by atoms with Crippen molar-refractivity contribution in [2.24, 2.45) is 7.05 Å². The molecule has 7 nitrogen and oxygen atoms in total. The first-order chi connectivity index (χ1) is 13.4. The van der Waals surface area contributed by atoms with Crippen LogP contribution in [0.25, 0.3) is 11.1 Å². The lowest BCUT2D eigenvalue weighted by Gasteiger charge is -2.32. The van der Waals surface area contributed by atoms with Crippen LogP contribution in [0.4, 0.5) is 8.78 Å². The summed E-state index contributed by atoms with van der Waals surface area (Å²) in [5.74, 6) is -0.233. The van der Waals surface area contributed by atoms with Crippen molar-refractivity contribution in [2.45, 2.75) is 39.0 Å². The Hall–Kier alpha value is -2.84. The summed E-state index contributed by atoms with van der Waals surface area (Å²) in [6.45, 7) is 4.51. The van der Waals surface area contributed by atoms with Gasteiger partial charge in [-0.25, -0.2) is 13.8 Å². The van der Waals surface area contributed by atoms with Crippen LogP contribution in [0, 0.1) is 13.8 Å². The van der Waals surface area contributed by atoms with Crippen LogP contribution in [-0.4, -0.2) is 43.8 Å². The van der Waals surface area contributed by atoms with Gasteiger partial charge in [-0.05, 0) is 32.8 Å². The van der Waals surface area contributed by atoms with Crippen LogP contribution in [0.3, 0.4) is 0 Å². The first-order valence-electron chi connectivity index (χ1n) is 9.19. The van der Waals surface area contributed by atoms with E-state index in [9.17, 15) is 13.6 Å². The fraction of sp³-hybridized carbons (Fsp3) is 0.474. The maximum atomic E-state index is 13.6. The van der Waals surface area contributed by atoms with Gasteiger partial charge >= 0.3 is 0 Å². The third kappa shape index (κ3) is 3.04. The van der Waals surface area contributed by atoms with Crippen molar-refractivity contribution in [1.29, 1.82) is 0 Å². The Labute approximate surface area is 160 Å². The number of halogens is 2. The zero-order valence-electron chi connectivity index (χ0n) is 15.9. The number of aryl methyl sites for hydroxylation is 2. The molecular formula is C19H21F2N5O2. The number of amides is 1. The molecule has 28 heavy (non-hydrogen) atoms. The second-order valence-electron chi connectivity index (χ2n) is 7.24. The Balaban J connectivity index is 1.65. The molecule has 0 spiro atoms. The molecule has 1 saturated heterocycles. The molecule has 4 heterocycles. The predicted molar refractivity (Wildman–Crippen MR) is 97.3 cm³/mol. The molecule has 1 aliphatic heterocycles. The standard InChI is InChI=1S/C19H21F2N5O2/c1-10-16-13(17(20)21)7-15(23-18(16)28-24-10)12-5-4-6-26(9-12)19(27)14-8-22-25(3)11(14)2/h7-8,12,17H,4-6,9H2,1-3H3/t12-/m1/s1. The highest BCUT2D eigenvalue weighted by molar-refractivity contribution is 5.95. The molecule has 3 aromatic heterocycles. The van der Waals surface area contributed by atoms with Crippen LogP contribution in [-0.2, 0) is 7.05 Å².